The number of nitrogens with one attached hydrogen (secondary N) is 1. The second-order valence-corrected chi connectivity index (χ2v) is 4.38. The van der Waals surface area contributed by atoms with Gasteiger partial charge in [0.05, 0.1) is 6.04 Å². The van der Waals surface area contributed by atoms with Crippen LogP contribution in [-0.4, -0.2) is 0 Å². The fraction of sp³-hybridized carbons (Fsp3) is 0.455. The number of hydrogen-bond acceptors (Lipinski definition) is 2. The fourth-order valence-corrected chi connectivity index (χ4v) is 1.49. The maximum atomic E-state index is 5.54. The predicted octanol–water partition coefficient (Wildman–Crippen LogP) is 2.24. The molecular formula is C11H18N2. The normalized spacial score (nSPS) is 14.2. The molecule has 13 heavy (non-hydrogen) atoms. The fourth-order valence-electron chi connectivity index (χ4n) is 1.49. The van der Waals surface area contributed by atoms with Gasteiger partial charge in [0.1, 0.15) is 0 Å². The molecular weight excluding hydrogens is 160 g/mol. The van der Waals surface area contributed by atoms with Gasteiger partial charge < -0.3 is 0 Å². The Hall–Kier alpha value is -0.860. The topological polar surface area (TPSA) is 38.0 Å². The van der Waals surface area contributed by atoms with Gasteiger partial charge >= 0.3 is 0 Å². The van der Waals surface area contributed by atoms with E-state index in [4.69, 9.17) is 5.84 Å². The number of rotatable bonds is 2. The molecule has 0 aliphatic carbocycles. The Balaban J connectivity index is 2.92. The van der Waals surface area contributed by atoms with Crippen molar-refractivity contribution in [1.82, 2.24) is 5.43 Å². The molecule has 1 atom stereocenters. The van der Waals surface area contributed by atoms with E-state index in [1.54, 1.807) is 0 Å². The molecule has 0 heterocycles. The Morgan fingerprint density at radius 2 is 1.69 bits per heavy atom. The smallest absolute Gasteiger partial charge is 0.0508 e. The molecule has 1 aromatic rings. The first-order valence-corrected chi connectivity index (χ1v) is 4.57. The van der Waals surface area contributed by atoms with Gasteiger partial charge in [0.25, 0.3) is 0 Å². The maximum Gasteiger partial charge on any atom is 0.0508 e. The van der Waals surface area contributed by atoms with Crippen LogP contribution in [0.5, 0.6) is 0 Å². The first-order chi connectivity index (χ1) is 6.05. The molecule has 0 aliphatic rings. The standard InChI is InChI=1S/C11H18N2/c1-11(2,3)10(13-12)9-7-5-4-6-8-9/h4-8,10,13H,12H2,1-3H3/t10-/m0/s1. The Morgan fingerprint density at radius 3 is 2.08 bits per heavy atom. The van der Waals surface area contributed by atoms with Crippen molar-refractivity contribution in [2.24, 2.45) is 11.3 Å². The van der Waals surface area contributed by atoms with E-state index < -0.39 is 0 Å². The van der Waals surface area contributed by atoms with E-state index in [2.05, 4.69) is 38.3 Å². The molecule has 2 nitrogen and oxygen atoms in total. The van der Waals surface area contributed by atoms with Crippen LogP contribution in [0.3, 0.4) is 0 Å². The lowest BCUT2D eigenvalue weighted by Crippen LogP contribution is -2.36. The van der Waals surface area contributed by atoms with Crippen LogP contribution in [0.4, 0.5) is 0 Å². The zero-order valence-electron chi connectivity index (χ0n) is 8.54. The lowest BCUT2D eigenvalue weighted by Gasteiger charge is -2.30. The van der Waals surface area contributed by atoms with E-state index in [1.807, 2.05) is 18.2 Å². The maximum absolute atomic E-state index is 5.54. The third-order valence-corrected chi connectivity index (χ3v) is 2.17. The van der Waals surface area contributed by atoms with Crippen molar-refractivity contribution in [3.8, 4) is 0 Å². The molecule has 0 amide bonds. The lowest BCUT2D eigenvalue weighted by atomic mass is 9.83. The highest BCUT2D eigenvalue weighted by atomic mass is 15.2. The molecule has 3 N–H and O–H groups in total. The first kappa shape index (κ1) is 10.2. The Bertz CT molecular complexity index is 249. The van der Waals surface area contributed by atoms with Crippen molar-refractivity contribution in [2.75, 3.05) is 0 Å². The molecule has 0 radical (unpaired) electrons. The van der Waals surface area contributed by atoms with E-state index in [-0.39, 0.29) is 11.5 Å². The molecule has 0 spiro atoms. The lowest BCUT2D eigenvalue weighted by molar-refractivity contribution is 0.275. The monoisotopic (exact) mass is 178 g/mol. The molecule has 0 aliphatic heterocycles. The number of hydrogen-bond donors (Lipinski definition) is 2. The van der Waals surface area contributed by atoms with E-state index >= 15 is 0 Å². The quantitative estimate of drug-likeness (QED) is 0.538. The molecule has 0 unspecified atom stereocenters. The van der Waals surface area contributed by atoms with Crippen LogP contribution in [0.15, 0.2) is 30.3 Å². The zero-order chi connectivity index (χ0) is 9.90. The Kier molecular flexibility index (Phi) is 3.07. The highest BCUT2D eigenvalue weighted by Gasteiger charge is 2.24. The summed E-state index contributed by atoms with van der Waals surface area (Å²) < 4.78 is 0. The molecule has 1 rings (SSSR count). The molecule has 0 fully saturated rings. The summed E-state index contributed by atoms with van der Waals surface area (Å²) in [7, 11) is 0. The van der Waals surface area contributed by atoms with Crippen molar-refractivity contribution in [1.29, 1.82) is 0 Å². The van der Waals surface area contributed by atoms with Gasteiger partial charge in [0.2, 0.25) is 0 Å². The molecule has 0 saturated carbocycles. The number of benzene rings is 1. The number of nitrogens with two attached hydrogens (primary N) is 1. The minimum atomic E-state index is 0.135. The van der Waals surface area contributed by atoms with Gasteiger partial charge in [-0.15, -0.1) is 0 Å². The summed E-state index contributed by atoms with van der Waals surface area (Å²) in [4.78, 5) is 0. The average Bonchev–Trinajstić information content (AvgIpc) is 2.05. The summed E-state index contributed by atoms with van der Waals surface area (Å²) in [6.45, 7) is 6.51. The third kappa shape index (κ3) is 2.54. The van der Waals surface area contributed by atoms with Crippen molar-refractivity contribution in [3.63, 3.8) is 0 Å². The van der Waals surface area contributed by atoms with Gasteiger partial charge in [-0.05, 0) is 11.0 Å². The SMILES string of the molecule is CC(C)(C)[C@@H](NN)c1ccccc1. The van der Waals surface area contributed by atoms with E-state index in [1.165, 1.54) is 5.56 Å². The van der Waals surface area contributed by atoms with Gasteiger partial charge in [-0.1, -0.05) is 51.1 Å². The van der Waals surface area contributed by atoms with Gasteiger partial charge in [0.15, 0.2) is 0 Å². The summed E-state index contributed by atoms with van der Waals surface area (Å²) in [5.74, 6) is 5.54. The van der Waals surface area contributed by atoms with E-state index in [9.17, 15) is 0 Å². The van der Waals surface area contributed by atoms with Crippen LogP contribution in [-0.2, 0) is 0 Å². The zero-order valence-corrected chi connectivity index (χ0v) is 8.54. The van der Waals surface area contributed by atoms with Crippen LogP contribution in [0.2, 0.25) is 0 Å². The predicted molar refractivity (Wildman–Crippen MR) is 56.0 cm³/mol. The Labute approximate surface area is 80.1 Å². The summed E-state index contributed by atoms with van der Waals surface area (Å²) in [6.07, 6.45) is 0. The van der Waals surface area contributed by atoms with Crippen molar-refractivity contribution < 1.29 is 0 Å². The van der Waals surface area contributed by atoms with Crippen LogP contribution < -0.4 is 11.3 Å². The second kappa shape index (κ2) is 3.90. The second-order valence-electron chi connectivity index (χ2n) is 4.38. The summed E-state index contributed by atoms with van der Waals surface area (Å²) >= 11 is 0. The van der Waals surface area contributed by atoms with Gasteiger partial charge in [-0.3, -0.25) is 11.3 Å². The number of hydrazine groups is 1. The highest BCUT2D eigenvalue weighted by Crippen LogP contribution is 2.31. The molecule has 2 heteroatoms. The Morgan fingerprint density at radius 1 is 1.15 bits per heavy atom. The van der Waals surface area contributed by atoms with Crippen molar-refractivity contribution in [2.45, 2.75) is 26.8 Å². The molecule has 1 aromatic carbocycles. The molecule has 72 valence electrons. The molecule has 0 aromatic heterocycles. The minimum absolute atomic E-state index is 0.135. The van der Waals surface area contributed by atoms with E-state index in [0.717, 1.165) is 0 Å². The summed E-state index contributed by atoms with van der Waals surface area (Å²) in [6, 6.07) is 10.5. The summed E-state index contributed by atoms with van der Waals surface area (Å²) in [5.41, 5.74) is 4.23. The van der Waals surface area contributed by atoms with Crippen LogP contribution in [0.1, 0.15) is 32.4 Å². The first-order valence-electron chi connectivity index (χ1n) is 4.57. The summed E-state index contributed by atoms with van der Waals surface area (Å²) in [5, 5.41) is 0. The van der Waals surface area contributed by atoms with E-state index in [0.29, 0.717) is 0 Å². The van der Waals surface area contributed by atoms with Crippen LogP contribution >= 0.6 is 0 Å². The third-order valence-electron chi connectivity index (χ3n) is 2.17. The average molecular weight is 178 g/mol. The van der Waals surface area contributed by atoms with Gasteiger partial charge in [0, 0.05) is 0 Å². The van der Waals surface area contributed by atoms with Crippen LogP contribution in [0.25, 0.3) is 0 Å². The molecule has 0 saturated heterocycles. The van der Waals surface area contributed by atoms with Gasteiger partial charge in [-0.2, -0.15) is 0 Å². The molecule has 0 bridgehead atoms. The highest BCUT2D eigenvalue weighted by molar-refractivity contribution is 5.20. The van der Waals surface area contributed by atoms with Crippen LogP contribution in [0, 0.1) is 5.41 Å². The van der Waals surface area contributed by atoms with Crippen molar-refractivity contribution >= 4 is 0 Å². The van der Waals surface area contributed by atoms with Gasteiger partial charge in [-0.25, -0.2) is 0 Å². The minimum Gasteiger partial charge on any atom is -0.271 e. The largest absolute Gasteiger partial charge is 0.271 e. The van der Waals surface area contributed by atoms with Crippen molar-refractivity contribution in [3.05, 3.63) is 35.9 Å².